The van der Waals surface area contributed by atoms with E-state index < -0.39 is 18.2 Å². The van der Waals surface area contributed by atoms with Crippen molar-refractivity contribution in [1.29, 1.82) is 0 Å². The van der Waals surface area contributed by atoms with E-state index in [1.807, 2.05) is 0 Å². The first-order valence-electron chi connectivity index (χ1n) is 8.45. The van der Waals surface area contributed by atoms with E-state index in [0.29, 0.717) is 19.5 Å². The lowest BCUT2D eigenvalue weighted by Gasteiger charge is -2.35. The highest BCUT2D eigenvalue weighted by atomic mass is 16.3. The van der Waals surface area contributed by atoms with Crippen LogP contribution in [0.1, 0.15) is 30.0 Å². The number of aliphatic hydroxyl groups excluding tert-OH is 1. The normalized spacial score (nSPS) is 27.8. The van der Waals surface area contributed by atoms with Crippen LogP contribution in [0.25, 0.3) is 0 Å². The first-order valence-corrected chi connectivity index (χ1v) is 8.45. The first-order chi connectivity index (χ1) is 11.4. The van der Waals surface area contributed by atoms with Crippen molar-refractivity contribution < 1.29 is 14.7 Å². The maximum atomic E-state index is 12.4. The molecular weight excluding hydrogens is 306 g/mol. The summed E-state index contributed by atoms with van der Waals surface area (Å²) in [5, 5.41) is 15.8. The monoisotopic (exact) mass is 331 g/mol. The molecule has 0 aromatic heterocycles. The third-order valence-corrected chi connectivity index (χ3v) is 5.10. The molecule has 2 aliphatic heterocycles. The van der Waals surface area contributed by atoms with Gasteiger partial charge in [0.1, 0.15) is 12.1 Å². The molecule has 2 fully saturated rings. The average Bonchev–Trinajstić information content (AvgIpc) is 2.97. The summed E-state index contributed by atoms with van der Waals surface area (Å²) in [6.07, 6.45) is -0.278. The Kier molecular flexibility index (Phi) is 4.60. The molecule has 0 aliphatic carbocycles. The zero-order chi connectivity index (χ0) is 17.4. The number of piperazine rings is 1. The highest BCUT2D eigenvalue weighted by Crippen LogP contribution is 2.24. The summed E-state index contributed by atoms with van der Waals surface area (Å²) in [6.45, 7) is 6.92. The second-order valence-corrected chi connectivity index (χ2v) is 6.97. The lowest BCUT2D eigenvalue weighted by atomic mass is 10.0. The number of hydrogen-bond acceptors (Lipinski definition) is 4. The van der Waals surface area contributed by atoms with E-state index in [0.717, 1.165) is 0 Å². The van der Waals surface area contributed by atoms with Crippen molar-refractivity contribution in [3.05, 3.63) is 34.9 Å². The average molecular weight is 331 g/mol. The minimum Gasteiger partial charge on any atom is -0.391 e. The molecule has 6 heteroatoms. The van der Waals surface area contributed by atoms with Gasteiger partial charge in [-0.1, -0.05) is 18.2 Å². The minimum absolute atomic E-state index is 0.0825. The van der Waals surface area contributed by atoms with Gasteiger partial charge < -0.3 is 20.6 Å². The highest BCUT2D eigenvalue weighted by molar-refractivity contribution is 5.97. The lowest BCUT2D eigenvalue weighted by molar-refractivity contribution is -0.149. The number of carbonyl (C=O) groups is 2. The van der Waals surface area contributed by atoms with Gasteiger partial charge in [-0.25, -0.2) is 0 Å². The van der Waals surface area contributed by atoms with E-state index in [1.165, 1.54) is 23.6 Å². The Morgan fingerprint density at radius 3 is 2.75 bits per heavy atom. The van der Waals surface area contributed by atoms with Crippen molar-refractivity contribution in [1.82, 2.24) is 15.5 Å². The molecule has 2 aliphatic rings. The van der Waals surface area contributed by atoms with E-state index in [9.17, 15) is 14.7 Å². The van der Waals surface area contributed by atoms with Gasteiger partial charge in [-0.2, -0.15) is 0 Å². The molecule has 130 valence electrons. The van der Waals surface area contributed by atoms with Crippen LogP contribution in [0.3, 0.4) is 0 Å². The Bertz CT molecular complexity index is 659. The standard InChI is InChI=1S/C18H25N3O3/c1-10-4-5-13(6-11(10)2)8-19-14-7-15-17(23)20-16(12(3)22)18(24)21(15)9-14/h4-6,12,14-16,19,22H,7-9H2,1-3H3,(H,20,23)/t12-,14+,15+,16+/m1/s1. The predicted octanol–water partition coefficient (Wildman–Crippen LogP) is 0.242. The number of aryl methyl sites for hydroxylation is 2. The quantitative estimate of drug-likeness (QED) is 0.738. The van der Waals surface area contributed by atoms with Crippen LogP contribution in [-0.2, 0) is 16.1 Å². The molecule has 24 heavy (non-hydrogen) atoms. The summed E-state index contributed by atoms with van der Waals surface area (Å²) in [5.74, 6) is -0.360. The van der Waals surface area contributed by atoms with E-state index in [1.54, 1.807) is 4.90 Å². The van der Waals surface area contributed by atoms with Crippen molar-refractivity contribution in [3.8, 4) is 0 Å². The molecule has 2 amide bonds. The largest absolute Gasteiger partial charge is 0.391 e. The number of amides is 2. The zero-order valence-corrected chi connectivity index (χ0v) is 14.4. The van der Waals surface area contributed by atoms with Crippen molar-refractivity contribution >= 4 is 11.8 Å². The Morgan fingerprint density at radius 1 is 1.33 bits per heavy atom. The van der Waals surface area contributed by atoms with Gasteiger partial charge in [-0.15, -0.1) is 0 Å². The Hall–Kier alpha value is -1.92. The first kappa shape index (κ1) is 16.9. The van der Waals surface area contributed by atoms with Crippen LogP contribution in [-0.4, -0.2) is 52.6 Å². The second-order valence-electron chi connectivity index (χ2n) is 6.97. The number of nitrogens with one attached hydrogen (secondary N) is 2. The molecular formula is C18H25N3O3. The lowest BCUT2D eigenvalue weighted by Crippen LogP contribution is -2.64. The van der Waals surface area contributed by atoms with Gasteiger partial charge in [0.15, 0.2) is 0 Å². The Balaban J connectivity index is 1.63. The number of benzene rings is 1. The topological polar surface area (TPSA) is 81.7 Å². The van der Waals surface area contributed by atoms with E-state index in [-0.39, 0.29) is 17.9 Å². The van der Waals surface area contributed by atoms with Gasteiger partial charge >= 0.3 is 0 Å². The van der Waals surface area contributed by atoms with Crippen LogP contribution in [0, 0.1) is 13.8 Å². The molecule has 6 nitrogen and oxygen atoms in total. The molecule has 0 bridgehead atoms. The molecule has 1 aromatic rings. The summed E-state index contributed by atoms with van der Waals surface area (Å²) in [7, 11) is 0. The van der Waals surface area contributed by atoms with Gasteiger partial charge in [0.05, 0.1) is 6.10 Å². The van der Waals surface area contributed by atoms with Crippen LogP contribution in [0.2, 0.25) is 0 Å². The van der Waals surface area contributed by atoms with Crippen molar-refractivity contribution in [2.75, 3.05) is 6.54 Å². The van der Waals surface area contributed by atoms with Crippen LogP contribution < -0.4 is 10.6 Å². The summed E-state index contributed by atoms with van der Waals surface area (Å²) >= 11 is 0. The van der Waals surface area contributed by atoms with Crippen LogP contribution >= 0.6 is 0 Å². The Labute approximate surface area is 142 Å². The second kappa shape index (κ2) is 6.53. The fraction of sp³-hybridized carbons (Fsp3) is 0.556. The van der Waals surface area contributed by atoms with Gasteiger partial charge in [0, 0.05) is 19.1 Å². The number of aliphatic hydroxyl groups is 1. The summed E-state index contributed by atoms with van der Waals surface area (Å²) in [5.41, 5.74) is 3.72. The van der Waals surface area contributed by atoms with Crippen LogP contribution in [0.15, 0.2) is 18.2 Å². The Morgan fingerprint density at radius 2 is 2.08 bits per heavy atom. The van der Waals surface area contributed by atoms with Gasteiger partial charge in [-0.3, -0.25) is 9.59 Å². The molecule has 1 aromatic carbocycles. The van der Waals surface area contributed by atoms with E-state index in [2.05, 4.69) is 42.7 Å². The summed E-state index contributed by atoms with van der Waals surface area (Å²) < 4.78 is 0. The maximum Gasteiger partial charge on any atom is 0.248 e. The molecule has 2 saturated heterocycles. The highest BCUT2D eigenvalue weighted by Gasteiger charge is 2.47. The molecule has 2 heterocycles. The minimum atomic E-state index is -0.884. The van der Waals surface area contributed by atoms with Crippen LogP contribution in [0.5, 0.6) is 0 Å². The summed E-state index contributed by atoms with van der Waals surface area (Å²) in [6, 6.07) is 5.19. The number of nitrogens with zero attached hydrogens (tertiary/aromatic N) is 1. The van der Waals surface area contributed by atoms with Crippen molar-refractivity contribution in [3.63, 3.8) is 0 Å². The molecule has 4 atom stereocenters. The maximum absolute atomic E-state index is 12.4. The van der Waals surface area contributed by atoms with Crippen LogP contribution in [0.4, 0.5) is 0 Å². The zero-order valence-electron chi connectivity index (χ0n) is 14.4. The molecule has 3 N–H and O–H groups in total. The summed E-state index contributed by atoms with van der Waals surface area (Å²) in [4.78, 5) is 26.2. The molecule has 0 unspecified atom stereocenters. The molecule has 0 spiro atoms. The molecule has 0 saturated carbocycles. The van der Waals surface area contributed by atoms with Crippen molar-refractivity contribution in [2.24, 2.45) is 0 Å². The van der Waals surface area contributed by atoms with Gasteiger partial charge in [-0.05, 0) is 43.9 Å². The number of hydrogen-bond donors (Lipinski definition) is 3. The SMILES string of the molecule is Cc1ccc(CN[C@H]2C[C@H]3C(=O)N[C@@H]([C@@H](C)O)C(=O)N3C2)cc1C. The predicted molar refractivity (Wildman–Crippen MR) is 90.3 cm³/mol. The third kappa shape index (κ3) is 3.16. The fourth-order valence-corrected chi connectivity index (χ4v) is 3.47. The van der Waals surface area contributed by atoms with Crippen molar-refractivity contribution in [2.45, 2.75) is 58.0 Å². The van der Waals surface area contributed by atoms with Gasteiger partial charge in [0.25, 0.3) is 0 Å². The third-order valence-electron chi connectivity index (χ3n) is 5.10. The van der Waals surface area contributed by atoms with E-state index in [4.69, 9.17) is 0 Å². The van der Waals surface area contributed by atoms with E-state index >= 15 is 0 Å². The number of fused-ring (bicyclic) bond motifs is 1. The number of carbonyl (C=O) groups excluding carboxylic acids is 2. The fourth-order valence-electron chi connectivity index (χ4n) is 3.47. The molecule has 0 radical (unpaired) electrons. The smallest absolute Gasteiger partial charge is 0.248 e. The molecule has 3 rings (SSSR count). The number of rotatable bonds is 4. The van der Waals surface area contributed by atoms with Gasteiger partial charge in [0.2, 0.25) is 11.8 Å².